The Hall–Kier alpha value is -2.25. The van der Waals surface area contributed by atoms with E-state index in [1.807, 2.05) is 0 Å². The number of aliphatic hydroxyl groups excluding tert-OH is 1. The van der Waals surface area contributed by atoms with Crippen molar-refractivity contribution in [2.45, 2.75) is 83.6 Å². The second-order valence-corrected chi connectivity index (χ2v) is 10.5. The molecule has 1 aromatic heterocycles. The van der Waals surface area contributed by atoms with Gasteiger partial charge in [0.2, 0.25) is 0 Å². The fourth-order valence-electron chi connectivity index (χ4n) is 5.76. The molecule has 1 N–H and O–H groups in total. The molecule has 7 heteroatoms. The fourth-order valence-corrected chi connectivity index (χ4v) is 5.76. The van der Waals surface area contributed by atoms with Gasteiger partial charge in [-0.05, 0) is 67.2 Å². The van der Waals surface area contributed by atoms with Crippen LogP contribution in [0.1, 0.15) is 109 Å². The number of aldehydes is 1. The van der Waals surface area contributed by atoms with Crippen molar-refractivity contribution in [1.29, 1.82) is 0 Å². The molecule has 1 fully saturated rings. The minimum Gasteiger partial charge on any atom is -0.388 e. The summed E-state index contributed by atoms with van der Waals surface area (Å²) in [5.41, 5.74) is 2.09. The number of rotatable bonds is 5. The Morgan fingerprint density at radius 3 is 2.47 bits per heavy atom. The standard InChI is InChI=1S/C27H32F3NO3/c1-15(34-4)25-23(18-11-16(14-32)9-10-19(18)27(28,29)30)22(17-7-5-6-8-17)24-20(31-25)12-26(2,3)13-21(24)33/h9-11,14-15,17,21,33H,5-8,12-13H2,1-4H3. The topological polar surface area (TPSA) is 59.4 Å². The number of alkyl halides is 3. The van der Waals surface area contributed by atoms with Crippen molar-refractivity contribution in [2.75, 3.05) is 7.11 Å². The lowest BCUT2D eigenvalue weighted by Gasteiger charge is -2.38. The third-order valence-corrected chi connectivity index (χ3v) is 7.36. The third kappa shape index (κ3) is 4.52. The molecule has 4 rings (SSSR count). The zero-order chi connectivity index (χ0) is 24.8. The van der Waals surface area contributed by atoms with Crippen LogP contribution in [-0.2, 0) is 17.3 Å². The van der Waals surface area contributed by atoms with Crippen LogP contribution >= 0.6 is 0 Å². The second-order valence-electron chi connectivity index (χ2n) is 10.5. The number of nitrogens with zero attached hydrogens (tertiary/aromatic N) is 1. The molecule has 4 nitrogen and oxygen atoms in total. The highest BCUT2D eigenvalue weighted by molar-refractivity contribution is 5.83. The van der Waals surface area contributed by atoms with E-state index in [9.17, 15) is 23.1 Å². The number of carbonyl (C=O) groups is 1. The number of halogens is 3. The van der Waals surface area contributed by atoms with E-state index in [0.29, 0.717) is 35.9 Å². The smallest absolute Gasteiger partial charge is 0.388 e. The predicted molar refractivity (Wildman–Crippen MR) is 124 cm³/mol. The quantitative estimate of drug-likeness (QED) is 0.476. The maximum Gasteiger partial charge on any atom is 0.417 e. The van der Waals surface area contributed by atoms with Crippen LogP contribution in [0.3, 0.4) is 0 Å². The predicted octanol–water partition coefficient (Wildman–Crippen LogP) is 6.95. The van der Waals surface area contributed by atoms with Crippen molar-refractivity contribution in [3.05, 3.63) is 51.8 Å². The zero-order valence-corrected chi connectivity index (χ0v) is 20.1. The summed E-state index contributed by atoms with van der Waals surface area (Å²) in [4.78, 5) is 16.4. The summed E-state index contributed by atoms with van der Waals surface area (Å²) in [5.74, 6) is 0.0198. The molecule has 0 spiro atoms. The van der Waals surface area contributed by atoms with E-state index in [1.54, 1.807) is 6.92 Å². The van der Waals surface area contributed by atoms with E-state index in [1.165, 1.54) is 19.2 Å². The summed E-state index contributed by atoms with van der Waals surface area (Å²) >= 11 is 0. The van der Waals surface area contributed by atoms with Crippen LogP contribution in [0.25, 0.3) is 11.1 Å². The normalized spacial score (nSPS) is 21.4. The maximum absolute atomic E-state index is 14.2. The molecular formula is C27H32F3NO3. The van der Waals surface area contributed by atoms with Crippen molar-refractivity contribution in [1.82, 2.24) is 4.98 Å². The van der Waals surface area contributed by atoms with Crippen LogP contribution in [0.4, 0.5) is 13.2 Å². The maximum atomic E-state index is 14.2. The summed E-state index contributed by atoms with van der Waals surface area (Å²) in [5, 5.41) is 11.3. The van der Waals surface area contributed by atoms with Crippen molar-refractivity contribution < 1.29 is 27.8 Å². The Bertz CT molecular complexity index is 1090. The van der Waals surface area contributed by atoms with Crippen LogP contribution in [-0.4, -0.2) is 23.5 Å². The molecule has 2 aromatic rings. The molecular weight excluding hydrogens is 443 g/mol. The summed E-state index contributed by atoms with van der Waals surface area (Å²) < 4.78 is 48.3. The minimum absolute atomic E-state index is 0.0198. The van der Waals surface area contributed by atoms with Crippen LogP contribution in [0.5, 0.6) is 0 Å². The van der Waals surface area contributed by atoms with Crippen molar-refractivity contribution >= 4 is 6.29 Å². The van der Waals surface area contributed by atoms with E-state index in [4.69, 9.17) is 9.72 Å². The van der Waals surface area contributed by atoms with Crippen molar-refractivity contribution in [3.63, 3.8) is 0 Å². The highest BCUT2D eigenvalue weighted by Gasteiger charge is 2.41. The number of ether oxygens (including phenoxy) is 1. The molecule has 2 atom stereocenters. The largest absolute Gasteiger partial charge is 0.417 e. The van der Waals surface area contributed by atoms with Gasteiger partial charge in [-0.3, -0.25) is 9.78 Å². The van der Waals surface area contributed by atoms with Crippen LogP contribution in [0, 0.1) is 5.41 Å². The number of methoxy groups -OCH3 is 1. The van der Waals surface area contributed by atoms with Gasteiger partial charge < -0.3 is 9.84 Å². The lowest BCUT2D eigenvalue weighted by molar-refractivity contribution is -0.137. The molecule has 1 aromatic carbocycles. The van der Waals surface area contributed by atoms with Gasteiger partial charge in [0, 0.05) is 29.5 Å². The summed E-state index contributed by atoms with van der Waals surface area (Å²) in [6, 6.07) is 3.47. The first kappa shape index (κ1) is 24.9. The number of carbonyl (C=O) groups excluding carboxylic acids is 1. The Morgan fingerprint density at radius 2 is 1.88 bits per heavy atom. The van der Waals surface area contributed by atoms with Crippen molar-refractivity contribution in [3.8, 4) is 11.1 Å². The van der Waals surface area contributed by atoms with Gasteiger partial charge in [-0.25, -0.2) is 0 Å². The first-order valence-electron chi connectivity index (χ1n) is 11.9. The number of hydrogen-bond donors (Lipinski definition) is 1. The third-order valence-electron chi connectivity index (χ3n) is 7.36. The molecule has 1 heterocycles. The van der Waals surface area contributed by atoms with E-state index < -0.39 is 23.9 Å². The molecule has 0 bridgehead atoms. The Balaban J connectivity index is 2.15. The van der Waals surface area contributed by atoms with Crippen LogP contribution in [0.2, 0.25) is 0 Å². The molecule has 0 radical (unpaired) electrons. The Labute approximate surface area is 198 Å². The van der Waals surface area contributed by atoms with Gasteiger partial charge in [-0.1, -0.05) is 32.8 Å². The average Bonchev–Trinajstić information content (AvgIpc) is 3.30. The molecule has 0 saturated heterocycles. The molecule has 0 aliphatic heterocycles. The van der Waals surface area contributed by atoms with Crippen LogP contribution < -0.4 is 0 Å². The molecule has 2 unspecified atom stereocenters. The summed E-state index contributed by atoms with van der Waals surface area (Å²) in [6.07, 6.45) is -0.639. The van der Waals surface area contributed by atoms with Gasteiger partial charge in [0.25, 0.3) is 0 Å². The van der Waals surface area contributed by atoms with E-state index in [0.717, 1.165) is 43.0 Å². The monoisotopic (exact) mass is 475 g/mol. The van der Waals surface area contributed by atoms with Gasteiger partial charge in [0.05, 0.1) is 23.5 Å². The number of aliphatic hydroxyl groups is 1. The summed E-state index contributed by atoms with van der Waals surface area (Å²) in [7, 11) is 1.51. The lowest BCUT2D eigenvalue weighted by atomic mass is 9.70. The van der Waals surface area contributed by atoms with Gasteiger partial charge in [-0.15, -0.1) is 0 Å². The number of fused-ring (bicyclic) bond motifs is 1. The zero-order valence-electron chi connectivity index (χ0n) is 20.1. The van der Waals surface area contributed by atoms with E-state index in [2.05, 4.69) is 13.8 Å². The Kier molecular flexibility index (Phi) is 6.64. The number of hydrogen-bond acceptors (Lipinski definition) is 4. The second kappa shape index (κ2) is 9.08. The van der Waals surface area contributed by atoms with Gasteiger partial charge in [0.15, 0.2) is 0 Å². The van der Waals surface area contributed by atoms with E-state index in [-0.39, 0.29) is 22.5 Å². The fraction of sp³-hybridized carbons (Fsp3) is 0.556. The molecule has 2 aliphatic rings. The van der Waals surface area contributed by atoms with Gasteiger partial charge in [-0.2, -0.15) is 13.2 Å². The highest BCUT2D eigenvalue weighted by atomic mass is 19.4. The number of aromatic nitrogens is 1. The van der Waals surface area contributed by atoms with Gasteiger partial charge >= 0.3 is 6.18 Å². The lowest BCUT2D eigenvalue weighted by Crippen LogP contribution is -2.29. The number of pyridine rings is 1. The summed E-state index contributed by atoms with van der Waals surface area (Å²) in [6.45, 7) is 5.91. The van der Waals surface area contributed by atoms with Crippen LogP contribution in [0.15, 0.2) is 18.2 Å². The minimum atomic E-state index is -4.62. The SMILES string of the molecule is COC(C)c1nc2c(c(C3CCCC3)c1-c1cc(C=O)ccc1C(F)(F)F)C(O)CC(C)(C)C2. The molecule has 34 heavy (non-hydrogen) atoms. The average molecular weight is 476 g/mol. The molecule has 1 saturated carbocycles. The van der Waals surface area contributed by atoms with Crippen molar-refractivity contribution in [2.24, 2.45) is 5.41 Å². The number of benzene rings is 1. The first-order chi connectivity index (χ1) is 16.0. The molecule has 184 valence electrons. The Morgan fingerprint density at radius 1 is 1.21 bits per heavy atom. The van der Waals surface area contributed by atoms with Gasteiger partial charge in [0.1, 0.15) is 6.29 Å². The molecule has 2 aliphatic carbocycles. The highest BCUT2D eigenvalue weighted by Crippen LogP contribution is 2.52. The van der Waals surface area contributed by atoms with E-state index >= 15 is 0 Å². The first-order valence-corrected chi connectivity index (χ1v) is 11.9. The molecule has 0 amide bonds.